The lowest BCUT2D eigenvalue weighted by Crippen LogP contribution is -2.14. The van der Waals surface area contributed by atoms with Crippen LogP contribution in [-0.2, 0) is 0 Å². The quantitative estimate of drug-likeness (QED) is 0.596. The fraction of sp³-hybridized carbons (Fsp3) is 0.235. The van der Waals surface area contributed by atoms with Gasteiger partial charge in [0, 0.05) is 23.2 Å². The summed E-state index contributed by atoms with van der Waals surface area (Å²) in [4.78, 5) is 12.3. The smallest absolute Gasteiger partial charge is 0.153 e. The van der Waals surface area contributed by atoms with E-state index < -0.39 is 0 Å². The molecule has 1 saturated carbocycles. The molecular weight excluding hydrogens is 288 g/mol. The third kappa shape index (κ3) is 1.78. The zero-order valence-corrected chi connectivity index (χ0v) is 12.5. The predicted molar refractivity (Wildman–Crippen MR) is 89.1 cm³/mol. The van der Waals surface area contributed by atoms with Crippen LogP contribution in [0, 0.1) is 0 Å². The lowest BCUT2D eigenvalue weighted by Gasteiger charge is -2.23. The Kier molecular flexibility index (Phi) is 2.50. The molecule has 4 aromatic rings. The summed E-state index contributed by atoms with van der Waals surface area (Å²) in [5.74, 6) is 1.95. The Labute approximate surface area is 132 Å². The molecule has 0 aliphatic heterocycles. The van der Waals surface area contributed by atoms with Gasteiger partial charge in [0.15, 0.2) is 5.82 Å². The summed E-state index contributed by atoms with van der Waals surface area (Å²) in [5.41, 5.74) is 9.93. The van der Waals surface area contributed by atoms with Crippen molar-refractivity contribution in [1.29, 1.82) is 0 Å². The number of rotatable bonds is 2. The third-order valence-corrected chi connectivity index (χ3v) is 4.78. The summed E-state index contributed by atoms with van der Waals surface area (Å²) in [5, 5.41) is 5.58. The second-order valence-electron chi connectivity index (χ2n) is 6.13. The molecule has 5 rings (SSSR count). The summed E-state index contributed by atoms with van der Waals surface area (Å²) in [7, 11) is 0. The molecule has 1 aliphatic rings. The van der Waals surface area contributed by atoms with Gasteiger partial charge in [-0.3, -0.25) is 0 Å². The average molecular weight is 304 g/mol. The molecule has 23 heavy (non-hydrogen) atoms. The Morgan fingerprint density at radius 3 is 2.96 bits per heavy atom. The molecule has 1 fully saturated rings. The van der Waals surface area contributed by atoms with Crippen molar-refractivity contribution >= 4 is 22.2 Å². The van der Waals surface area contributed by atoms with Crippen LogP contribution in [0.4, 0.5) is 5.82 Å². The number of hydrogen-bond acceptors (Lipinski definition) is 4. The van der Waals surface area contributed by atoms with Gasteiger partial charge in [-0.25, -0.2) is 14.5 Å². The standard InChI is InChI=1S/C17H16N6/c18-16-15-14(12-5-4-10-6-7-19-13(10)8-12)22-17(11-2-1-3-11)23(15)21-9-20-16/h4-9,11,19H,1-3H2,(H2,18,20,21). The van der Waals surface area contributed by atoms with Gasteiger partial charge in [0.25, 0.3) is 0 Å². The maximum absolute atomic E-state index is 6.14. The van der Waals surface area contributed by atoms with Gasteiger partial charge in [0.1, 0.15) is 23.4 Å². The summed E-state index contributed by atoms with van der Waals surface area (Å²) >= 11 is 0. The van der Waals surface area contributed by atoms with Crippen LogP contribution in [0.5, 0.6) is 0 Å². The molecule has 3 aromatic heterocycles. The summed E-state index contributed by atoms with van der Waals surface area (Å²) in [6.45, 7) is 0. The number of hydrogen-bond donors (Lipinski definition) is 2. The van der Waals surface area contributed by atoms with Crippen molar-refractivity contribution in [2.45, 2.75) is 25.2 Å². The number of nitrogens with zero attached hydrogens (tertiary/aromatic N) is 4. The molecule has 1 aliphatic carbocycles. The van der Waals surface area contributed by atoms with Crippen LogP contribution < -0.4 is 5.73 Å². The highest BCUT2D eigenvalue weighted by Crippen LogP contribution is 2.39. The molecule has 6 nitrogen and oxygen atoms in total. The lowest BCUT2D eigenvalue weighted by atomic mass is 9.85. The molecule has 3 heterocycles. The zero-order valence-electron chi connectivity index (χ0n) is 12.5. The van der Waals surface area contributed by atoms with Gasteiger partial charge >= 0.3 is 0 Å². The first-order chi connectivity index (χ1) is 11.3. The Morgan fingerprint density at radius 1 is 1.22 bits per heavy atom. The SMILES string of the molecule is Nc1ncnn2c(C3CCC3)nc(-c3ccc4cc[nH]c4c3)c12. The fourth-order valence-electron chi connectivity index (χ4n) is 3.30. The topological polar surface area (TPSA) is 84.9 Å². The molecule has 0 saturated heterocycles. The Balaban J connectivity index is 1.79. The van der Waals surface area contributed by atoms with Gasteiger partial charge in [-0.2, -0.15) is 5.10 Å². The largest absolute Gasteiger partial charge is 0.382 e. The van der Waals surface area contributed by atoms with Crippen molar-refractivity contribution in [3.05, 3.63) is 42.6 Å². The number of aromatic nitrogens is 5. The van der Waals surface area contributed by atoms with Crippen LogP contribution >= 0.6 is 0 Å². The van der Waals surface area contributed by atoms with E-state index in [9.17, 15) is 0 Å². The maximum atomic E-state index is 6.14. The number of fused-ring (bicyclic) bond motifs is 2. The van der Waals surface area contributed by atoms with Gasteiger partial charge in [-0.05, 0) is 30.4 Å². The van der Waals surface area contributed by atoms with Crippen molar-refractivity contribution in [3.8, 4) is 11.3 Å². The second-order valence-corrected chi connectivity index (χ2v) is 6.13. The van der Waals surface area contributed by atoms with Crippen molar-refractivity contribution in [3.63, 3.8) is 0 Å². The third-order valence-electron chi connectivity index (χ3n) is 4.78. The molecular formula is C17H16N6. The van der Waals surface area contributed by atoms with E-state index in [1.54, 1.807) is 0 Å². The minimum Gasteiger partial charge on any atom is -0.382 e. The van der Waals surface area contributed by atoms with E-state index >= 15 is 0 Å². The van der Waals surface area contributed by atoms with Crippen LogP contribution in [0.25, 0.3) is 27.7 Å². The average Bonchev–Trinajstić information content (AvgIpc) is 3.10. The molecule has 0 amide bonds. The number of nitrogens with two attached hydrogens (primary N) is 1. The first kappa shape index (κ1) is 12.6. The number of nitrogen functional groups attached to an aromatic ring is 1. The molecule has 0 spiro atoms. The van der Waals surface area contributed by atoms with E-state index in [1.165, 1.54) is 18.1 Å². The monoisotopic (exact) mass is 304 g/mol. The minimum atomic E-state index is 0.472. The number of nitrogens with one attached hydrogen (secondary N) is 1. The van der Waals surface area contributed by atoms with Crippen LogP contribution in [-0.4, -0.2) is 24.6 Å². The minimum absolute atomic E-state index is 0.472. The number of H-pyrrole nitrogens is 1. The molecule has 1 aromatic carbocycles. The van der Waals surface area contributed by atoms with Gasteiger partial charge < -0.3 is 10.7 Å². The van der Waals surface area contributed by atoms with Crippen LogP contribution in [0.1, 0.15) is 31.0 Å². The number of imidazole rings is 1. The van der Waals surface area contributed by atoms with Gasteiger partial charge in [0.2, 0.25) is 0 Å². The Hall–Kier alpha value is -2.89. The first-order valence-corrected chi connectivity index (χ1v) is 7.88. The lowest BCUT2D eigenvalue weighted by molar-refractivity contribution is 0.396. The second kappa shape index (κ2) is 4.55. The van der Waals surface area contributed by atoms with Gasteiger partial charge in [0.05, 0.1) is 0 Å². The van der Waals surface area contributed by atoms with Crippen LogP contribution in [0.2, 0.25) is 0 Å². The molecule has 6 heteroatoms. The van der Waals surface area contributed by atoms with Crippen LogP contribution in [0.15, 0.2) is 36.8 Å². The summed E-state index contributed by atoms with van der Waals surface area (Å²) in [6.07, 6.45) is 7.03. The molecule has 3 N–H and O–H groups in total. The van der Waals surface area contributed by atoms with E-state index in [2.05, 4.69) is 39.3 Å². The number of benzene rings is 1. The Morgan fingerprint density at radius 2 is 2.13 bits per heavy atom. The van der Waals surface area contributed by atoms with Gasteiger partial charge in [-0.1, -0.05) is 18.6 Å². The van der Waals surface area contributed by atoms with Crippen molar-refractivity contribution in [1.82, 2.24) is 24.6 Å². The molecule has 0 bridgehead atoms. The van der Waals surface area contributed by atoms with E-state index in [1.807, 2.05) is 10.7 Å². The first-order valence-electron chi connectivity index (χ1n) is 7.88. The maximum Gasteiger partial charge on any atom is 0.153 e. The number of anilines is 1. The highest BCUT2D eigenvalue weighted by atomic mass is 15.3. The van der Waals surface area contributed by atoms with Crippen molar-refractivity contribution in [2.75, 3.05) is 5.73 Å². The van der Waals surface area contributed by atoms with E-state index in [4.69, 9.17) is 10.7 Å². The highest BCUT2D eigenvalue weighted by molar-refractivity contribution is 5.90. The molecule has 0 atom stereocenters. The molecule has 0 unspecified atom stereocenters. The van der Waals surface area contributed by atoms with Gasteiger partial charge in [-0.15, -0.1) is 0 Å². The highest BCUT2D eigenvalue weighted by Gasteiger charge is 2.27. The molecule has 0 radical (unpaired) electrons. The zero-order chi connectivity index (χ0) is 15.4. The van der Waals surface area contributed by atoms with E-state index in [0.29, 0.717) is 11.7 Å². The van der Waals surface area contributed by atoms with Crippen molar-refractivity contribution < 1.29 is 0 Å². The van der Waals surface area contributed by atoms with Crippen molar-refractivity contribution in [2.24, 2.45) is 0 Å². The summed E-state index contributed by atoms with van der Waals surface area (Å²) in [6, 6.07) is 8.33. The molecule has 114 valence electrons. The van der Waals surface area contributed by atoms with Crippen LogP contribution in [0.3, 0.4) is 0 Å². The normalized spacial score (nSPS) is 15.3. The number of aromatic amines is 1. The fourth-order valence-corrected chi connectivity index (χ4v) is 3.30. The Bertz CT molecular complexity index is 1020. The van der Waals surface area contributed by atoms with E-state index in [0.717, 1.165) is 41.0 Å². The van der Waals surface area contributed by atoms with E-state index in [-0.39, 0.29) is 0 Å². The predicted octanol–water partition coefficient (Wildman–Crippen LogP) is 3.12. The summed E-state index contributed by atoms with van der Waals surface area (Å²) < 4.78 is 1.88.